The Morgan fingerprint density at radius 2 is 1.47 bits per heavy atom. The summed E-state index contributed by atoms with van der Waals surface area (Å²) < 4.78 is 29.6. The third kappa shape index (κ3) is 3.08. The largest absolute Gasteiger partial charge is 0.379 e. The summed E-state index contributed by atoms with van der Waals surface area (Å²) in [7, 11) is -3.75. The lowest BCUT2D eigenvalue weighted by atomic mass is 10.3. The van der Waals surface area contributed by atoms with Crippen molar-refractivity contribution < 1.29 is 12.6 Å². The molecule has 17 heavy (non-hydrogen) atoms. The van der Waals surface area contributed by atoms with E-state index in [4.69, 9.17) is 4.18 Å². The van der Waals surface area contributed by atoms with Gasteiger partial charge in [0.25, 0.3) is 0 Å². The van der Waals surface area contributed by atoms with Gasteiger partial charge in [0, 0.05) is 4.47 Å². The molecule has 0 saturated carbocycles. The van der Waals surface area contributed by atoms with Crippen LogP contribution in [0.2, 0.25) is 0 Å². The highest BCUT2D eigenvalue weighted by molar-refractivity contribution is 9.10. The average molecular weight is 313 g/mol. The van der Waals surface area contributed by atoms with Crippen LogP contribution in [-0.4, -0.2) is 8.42 Å². The molecule has 0 aliphatic rings. The molecule has 0 saturated heterocycles. The van der Waals surface area contributed by atoms with Crippen LogP contribution in [0.5, 0.6) is 5.75 Å². The molecular weight excluding hydrogens is 304 g/mol. The van der Waals surface area contributed by atoms with Crippen LogP contribution in [0.15, 0.2) is 64.0 Å². The molecule has 0 fully saturated rings. The number of benzene rings is 2. The van der Waals surface area contributed by atoms with Crippen LogP contribution >= 0.6 is 15.9 Å². The summed E-state index contributed by atoms with van der Waals surface area (Å²) >= 11 is 3.24. The molecule has 2 aromatic rings. The van der Waals surface area contributed by atoms with Gasteiger partial charge in [-0.1, -0.05) is 34.1 Å². The Morgan fingerprint density at radius 1 is 0.882 bits per heavy atom. The van der Waals surface area contributed by atoms with Crippen molar-refractivity contribution in [3.05, 3.63) is 59.1 Å². The molecule has 5 heteroatoms. The van der Waals surface area contributed by atoms with E-state index in [9.17, 15) is 8.42 Å². The fourth-order valence-electron chi connectivity index (χ4n) is 1.25. The van der Waals surface area contributed by atoms with Gasteiger partial charge in [-0.25, -0.2) is 0 Å². The second-order valence-corrected chi connectivity index (χ2v) is 5.77. The van der Waals surface area contributed by atoms with Crippen molar-refractivity contribution in [2.24, 2.45) is 0 Å². The maximum Gasteiger partial charge on any atom is 0.339 e. The summed E-state index contributed by atoms with van der Waals surface area (Å²) in [5, 5.41) is 0. The monoisotopic (exact) mass is 312 g/mol. The number of hydrogen-bond donors (Lipinski definition) is 0. The van der Waals surface area contributed by atoms with Crippen LogP contribution < -0.4 is 4.18 Å². The van der Waals surface area contributed by atoms with E-state index in [1.54, 1.807) is 42.5 Å². The number of rotatable bonds is 3. The Hall–Kier alpha value is -1.33. The molecule has 0 amide bonds. The molecule has 2 rings (SSSR count). The average Bonchev–Trinajstić information content (AvgIpc) is 2.30. The van der Waals surface area contributed by atoms with Gasteiger partial charge >= 0.3 is 10.1 Å². The molecule has 0 atom stereocenters. The molecule has 0 radical (unpaired) electrons. The number of hydrogen-bond acceptors (Lipinski definition) is 3. The molecule has 3 nitrogen and oxygen atoms in total. The van der Waals surface area contributed by atoms with E-state index in [-0.39, 0.29) is 4.90 Å². The number of halogens is 1. The van der Waals surface area contributed by atoms with E-state index >= 15 is 0 Å². The van der Waals surface area contributed by atoms with Crippen molar-refractivity contribution in [2.75, 3.05) is 0 Å². The zero-order valence-corrected chi connectivity index (χ0v) is 11.1. The van der Waals surface area contributed by atoms with E-state index < -0.39 is 10.1 Å². The summed E-state index contributed by atoms with van der Waals surface area (Å²) in [4.78, 5) is 0.129. The molecule has 0 unspecified atom stereocenters. The topological polar surface area (TPSA) is 43.4 Å². The highest BCUT2D eigenvalue weighted by Gasteiger charge is 2.15. The quantitative estimate of drug-likeness (QED) is 0.817. The van der Waals surface area contributed by atoms with Crippen molar-refractivity contribution in [3.63, 3.8) is 0 Å². The zero-order chi connectivity index (χ0) is 12.3. The highest BCUT2D eigenvalue weighted by atomic mass is 79.9. The van der Waals surface area contributed by atoms with Crippen LogP contribution in [0.3, 0.4) is 0 Å². The van der Waals surface area contributed by atoms with Crippen LogP contribution in [0.1, 0.15) is 0 Å². The standard InChI is InChI=1S/C12H9BrO3S/c13-10-6-8-12(9-7-10)17(14,15)16-11-4-2-1-3-5-11/h1-9H. The predicted molar refractivity (Wildman–Crippen MR) is 68.4 cm³/mol. The van der Waals surface area contributed by atoms with Gasteiger partial charge in [-0.3, -0.25) is 0 Å². The van der Waals surface area contributed by atoms with E-state index in [1.165, 1.54) is 12.1 Å². The van der Waals surface area contributed by atoms with Gasteiger partial charge in [0.1, 0.15) is 10.6 Å². The van der Waals surface area contributed by atoms with Gasteiger partial charge < -0.3 is 4.18 Å². The van der Waals surface area contributed by atoms with Crippen molar-refractivity contribution >= 4 is 26.0 Å². The fourth-order valence-corrected chi connectivity index (χ4v) is 2.45. The number of para-hydroxylation sites is 1. The first kappa shape index (κ1) is 12.1. The second-order valence-electron chi connectivity index (χ2n) is 3.30. The molecule has 0 aliphatic carbocycles. The van der Waals surface area contributed by atoms with Gasteiger partial charge in [-0.15, -0.1) is 0 Å². The van der Waals surface area contributed by atoms with Gasteiger partial charge in [0.05, 0.1) is 0 Å². The van der Waals surface area contributed by atoms with E-state index in [1.807, 2.05) is 0 Å². The summed E-state index contributed by atoms with van der Waals surface area (Å²) in [6.07, 6.45) is 0. The molecule has 88 valence electrons. The first-order chi connectivity index (χ1) is 8.08. The lowest BCUT2D eigenvalue weighted by molar-refractivity contribution is 0.486. The minimum absolute atomic E-state index is 0.129. The summed E-state index contributed by atoms with van der Waals surface area (Å²) in [5.41, 5.74) is 0. The summed E-state index contributed by atoms with van der Waals surface area (Å²) in [6, 6.07) is 14.7. The van der Waals surface area contributed by atoms with Gasteiger partial charge in [-0.2, -0.15) is 8.42 Å². The Kier molecular flexibility index (Phi) is 3.49. The Bertz CT molecular complexity index is 591. The van der Waals surface area contributed by atoms with Crippen molar-refractivity contribution in [3.8, 4) is 5.75 Å². The first-order valence-corrected chi connectivity index (χ1v) is 7.03. The van der Waals surface area contributed by atoms with Gasteiger partial charge in [0.15, 0.2) is 0 Å². The third-order valence-corrected chi connectivity index (χ3v) is 3.84. The lowest BCUT2D eigenvalue weighted by Gasteiger charge is -2.06. The molecule has 0 aromatic heterocycles. The van der Waals surface area contributed by atoms with Crippen LogP contribution in [0, 0.1) is 0 Å². The van der Waals surface area contributed by atoms with E-state index in [0.717, 1.165) is 4.47 Å². The van der Waals surface area contributed by atoms with Crippen LogP contribution in [-0.2, 0) is 10.1 Å². The van der Waals surface area contributed by atoms with Crippen molar-refractivity contribution in [2.45, 2.75) is 4.90 Å². The van der Waals surface area contributed by atoms with Crippen molar-refractivity contribution in [1.29, 1.82) is 0 Å². The maximum absolute atomic E-state index is 11.9. The first-order valence-electron chi connectivity index (χ1n) is 4.83. The molecule has 0 N–H and O–H groups in total. The van der Waals surface area contributed by atoms with Gasteiger partial charge in [-0.05, 0) is 36.4 Å². The summed E-state index contributed by atoms with van der Waals surface area (Å²) in [5.74, 6) is 0.301. The van der Waals surface area contributed by atoms with E-state index in [0.29, 0.717) is 5.75 Å². The zero-order valence-electron chi connectivity index (χ0n) is 8.71. The molecule has 0 heterocycles. The Morgan fingerprint density at radius 3 is 2.06 bits per heavy atom. The Balaban J connectivity index is 2.29. The molecule has 0 aliphatic heterocycles. The van der Waals surface area contributed by atoms with Crippen molar-refractivity contribution in [1.82, 2.24) is 0 Å². The third-order valence-electron chi connectivity index (χ3n) is 2.05. The molecular formula is C12H9BrO3S. The van der Waals surface area contributed by atoms with Gasteiger partial charge in [0.2, 0.25) is 0 Å². The van der Waals surface area contributed by atoms with Crippen LogP contribution in [0.25, 0.3) is 0 Å². The smallest absolute Gasteiger partial charge is 0.339 e. The lowest BCUT2D eigenvalue weighted by Crippen LogP contribution is -2.09. The molecule has 2 aromatic carbocycles. The minimum Gasteiger partial charge on any atom is -0.379 e. The molecule has 0 bridgehead atoms. The Labute approximate surface area is 108 Å². The molecule has 0 spiro atoms. The summed E-state index contributed by atoms with van der Waals surface area (Å²) in [6.45, 7) is 0. The normalized spacial score (nSPS) is 11.1. The van der Waals surface area contributed by atoms with Crippen LogP contribution in [0.4, 0.5) is 0 Å². The fraction of sp³-hybridized carbons (Fsp3) is 0. The van der Waals surface area contributed by atoms with E-state index in [2.05, 4.69) is 15.9 Å². The second kappa shape index (κ2) is 4.89. The minimum atomic E-state index is -3.75. The predicted octanol–water partition coefficient (Wildman–Crippen LogP) is 3.22. The highest BCUT2D eigenvalue weighted by Crippen LogP contribution is 2.19. The SMILES string of the molecule is O=S(=O)(Oc1ccccc1)c1ccc(Br)cc1. The maximum atomic E-state index is 11.9.